The van der Waals surface area contributed by atoms with Gasteiger partial charge in [0.1, 0.15) is 6.04 Å². The maximum absolute atomic E-state index is 12.7. The van der Waals surface area contributed by atoms with E-state index in [4.69, 9.17) is 0 Å². The molecule has 21 heavy (non-hydrogen) atoms. The molecule has 3 nitrogen and oxygen atoms in total. The van der Waals surface area contributed by atoms with Gasteiger partial charge >= 0.3 is 0 Å². The van der Waals surface area contributed by atoms with Crippen LogP contribution in [0.15, 0.2) is 24.3 Å². The van der Waals surface area contributed by atoms with Crippen molar-refractivity contribution < 1.29 is 9.59 Å². The van der Waals surface area contributed by atoms with Crippen LogP contribution in [0.1, 0.15) is 51.8 Å². The molecule has 0 fully saturated rings. The van der Waals surface area contributed by atoms with Gasteiger partial charge in [-0.05, 0) is 17.5 Å². The number of rotatable bonds is 2. The summed E-state index contributed by atoms with van der Waals surface area (Å²) in [4.78, 5) is 27.2. The Morgan fingerprint density at radius 1 is 1.19 bits per heavy atom. The molecule has 3 heteroatoms. The van der Waals surface area contributed by atoms with Crippen LogP contribution in [0.3, 0.4) is 0 Å². The number of hydrogen-bond donors (Lipinski definition) is 0. The fourth-order valence-electron chi connectivity index (χ4n) is 2.84. The van der Waals surface area contributed by atoms with E-state index < -0.39 is 11.5 Å². The summed E-state index contributed by atoms with van der Waals surface area (Å²) in [6.45, 7) is 10.2. The van der Waals surface area contributed by atoms with Crippen molar-refractivity contribution in [3.05, 3.63) is 35.4 Å². The molecule has 0 bridgehead atoms. The molecule has 1 aliphatic rings. The molecule has 1 amide bonds. The highest BCUT2D eigenvalue weighted by molar-refractivity contribution is 5.93. The first-order valence-corrected chi connectivity index (χ1v) is 7.66. The SMILES string of the molecule is CC(C)C(=O)C1c2ccccc2CCN1C(=O)C(C)(C)C. The van der Waals surface area contributed by atoms with Crippen molar-refractivity contribution in [3.63, 3.8) is 0 Å². The lowest BCUT2D eigenvalue weighted by Gasteiger charge is -2.40. The second kappa shape index (κ2) is 5.63. The fourth-order valence-corrected chi connectivity index (χ4v) is 2.84. The van der Waals surface area contributed by atoms with Gasteiger partial charge in [0.15, 0.2) is 5.78 Å². The number of carbonyl (C=O) groups excluding carboxylic acids is 2. The average Bonchev–Trinajstić information content (AvgIpc) is 2.43. The fraction of sp³-hybridized carbons (Fsp3) is 0.556. The van der Waals surface area contributed by atoms with Crippen molar-refractivity contribution in [1.29, 1.82) is 0 Å². The predicted octanol–water partition coefficient (Wildman–Crippen LogP) is 3.38. The molecule has 0 N–H and O–H groups in total. The molecule has 1 heterocycles. The van der Waals surface area contributed by atoms with E-state index in [-0.39, 0.29) is 17.6 Å². The topological polar surface area (TPSA) is 37.4 Å². The highest BCUT2D eigenvalue weighted by Crippen LogP contribution is 2.35. The van der Waals surface area contributed by atoms with Crippen molar-refractivity contribution in [2.45, 2.75) is 47.1 Å². The third-order valence-corrected chi connectivity index (χ3v) is 4.02. The molecule has 1 unspecified atom stereocenters. The molecule has 0 aliphatic carbocycles. The molecule has 114 valence electrons. The minimum atomic E-state index is -0.470. The maximum atomic E-state index is 12.7. The minimum absolute atomic E-state index is 0.0519. The Bertz CT molecular complexity index is 555. The van der Waals surface area contributed by atoms with Gasteiger partial charge in [0, 0.05) is 17.9 Å². The van der Waals surface area contributed by atoms with Crippen LogP contribution in [0.25, 0.3) is 0 Å². The second-order valence-electron chi connectivity index (χ2n) is 7.16. The van der Waals surface area contributed by atoms with Crippen molar-refractivity contribution in [2.75, 3.05) is 6.54 Å². The molecule has 0 saturated heterocycles. The molecule has 0 spiro atoms. The summed E-state index contributed by atoms with van der Waals surface area (Å²) < 4.78 is 0. The summed E-state index contributed by atoms with van der Waals surface area (Å²) in [6.07, 6.45) is 0.819. The lowest BCUT2D eigenvalue weighted by atomic mass is 9.84. The predicted molar refractivity (Wildman–Crippen MR) is 83.9 cm³/mol. The molecular formula is C18H25NO2. The smallest absolute Gasteiger partial charge is 0.228 e. The quantitative estimate of drug-likeness (QED) is 0.836. The highest BCUT2D eigenvalue weighted by atomic mass is 16.2. The van der Waals surface area contributed by atoms with Gasteiger partial charge in [0.25, 0.3) is 0 Å². The van der Waals surface area contributed by atoms with Crippen LogP contribution in [0.5, 0.6) is 0 Å². The Hall–Kier alpha value is -1.64. The van der Waals surface area contributed by atoms with Gasteiger partial charge in [-0.1, -0.05) is 58.9 Å². The number of ketones is 1. The van der Waals surface area contributed by atoms with E-state index in [2.05, 4.69) is 6.07 Å². The van der Waals surface area contributed by atoms with Gasteiger partial charge in [0.05, 0.1) is 0 Å². The number of carbonyl (C=O) groups is 2. The van der Waals surface area contributed by atoms with E-state index in [1.165, 1.54) is 5.56 Å². The van der Waals surface area contributed by atoms with Crippen LogP contribution in [-0.4, -0.2) is 23.1 Å². The zero-order valence-corrected chi connectivity index (χ0v) is 13.6. The third-order valence-electron chi connectivity index (χ3n) is 4.02. The Labute approximate surface area is 127 Å². The molecule has 1 aromatic carbocycles. The summed E-state index contributed by atoms with van der Waals surface area (Å²) in [5, 5.41) is 0. The Kier molecular flexibility index (Phi) is 4.22. The molecule has 1 atom stereocenters. The first-order valence-electron chi connectivity index (χ1n) is 7.66. The number of nitrogens with zero attached hydrogens (tertiary/aromatic N) is 1. The van der Waals surface area contributed by atoms with Crippen molar-refractivity contribution in [2.24, 2.45) is 11.3 Å². The van der Waals surface area contributed by atoms with Gasteiger partial charge in [-0.3, -0.25) is 9.59 Å². The van der Waals surface area contributed by atoms with Crippen LogP contribution >= 0.6 is 0 Å². The lowest BCUT2D eigenvalue weighted by Crippen LogP contribution is -2.48. The third kappa shape index (κ3) is 3.02. The van der Waals surface area contributed by atoms with Gasteiger partial charge in [-0.15, -0.1) is 0 Å². The maximum Gasteiger partial charge on any atom is 0.228 e. The van der Waals surface area contributed by atoms with Crippen LogP contribution in [0, 0.1) is 11.3 Å². The lowest BCUT2D eigenvalue weighted by molar-refractivity contribution is -0.147. The molecule has 1 aromatic rings. The van der Waals surface area contributed by atoms with Crippen molar-refractivity contribution in [3.8, 4) is 0 Å². The molecule has 0 radical (unpaired) electrons. The van der Waals surface area contributed by atoms with Crippen molar-refractivity contribution in [1.82, 2.24) is 4.90 Å². The van der Waals surface area contributed by atoms with E-state index in [1.54, 1.807) is 4.90 Å². The second-order valence-corrected chi connectivity index (χ2v) is 7.16. The number of amides is 1. The normalized spacial score (nSPS) is 18.6. The van der Waals surface area contributed by atoms with E-state index in [1.807, 2.05) is 52.8 Å². The number of Topliss-reactive ketones (excluding diaryl/α,β-unsaturated/α-hetero) is 1. The van der Waals surface area contributed by atoms with Gasteiger partial charge in [-0.25, -0.2) is 0 Å². The number of fused-ring (bicyclic) bond motifs is 1. The summed E-state index contributed by atoms with van der Waals surface area (Å²) in [6, 6.07) is 7.57. The standard InChI is InChI=1S/C18H25NO2/c1-12(2)16(20)15-14-9-7-6-8-13(14)10-11-19(15)17(21)18(3,4)5/h6-9,12,15H,10-11H2,1-5H3. The van der Waals surface area contributed by atoms with E-state index in [0.29, 0.717) is 6.54 Å². The van der Waals surface area contributed by atoms with Crippen LogP contribution in [-0.2, 0) is 16.0 Å². The Morgan fingerprint density at radius 2 is 1.81 bits per heavy atom. The van der Waals surface area contributed by atoms with Crippen LogP contribution in [0.2, 0.25) is 0 Å². The van der Waals surface area contributed by atoms with E-state index in [0.717, 1.165) is 12.0 Å². The highest BCUT2D eigenvalue weighted by Gasteiger charge is 2.39. The first kappa shape index (κ1) is 15.7. The average molecular weight is 287 g/mol. The summed E-state index contributed by atoms with van der Waals surface area (Å²) in [7, 11) is 0. The summed E-state index contributed by atoms with van der Waals surface area (Å²) >= 11 is 0. The Balaban J connectivity index is 2.48. The van der Waals surface area contributed by atoms with Gasteiger partial charge < -0.3 is 4.90 Å². The van der Waals surface area contributed by atoms with Crippen LogP contribution in [0.4, 0.5) is 0 Å². The largest absolute Gasteiger partial charge is 0.328 e. The van der Waals surface area contributed by atoms with E-state index >= 15 is 0 Å². The van der Waals surface area contributed by atoms with E-state index in [9.17, 15) is 9.59 Å². The number of benzene rings is 1. The molecule has 2 rings (SSSR count). The molecule has 0 aromatic heterocycles. The molecule has 0 saturated carbocycles. The van der Waals surface area contributed by atoms with Gasteiger partial charge in [0.2, 0.25) is 5.91 Å². The monoisotopic (exact) mass is 287 g/mol. The first-order chi connectivity index (χ1) is 9.73. The molecular weight excluding hydrogens is 262 g/mol. The van der Waals surface area contributed by atoms with Crippen molar-refractivity contribution >= 4 is 11.7 Å². The van der Waals surface area contributed by atoms with Crippen LogP contribution < -0.4 is 0 Å². The zero-order chi connectivity index (χ0) is 15.8. The summed E-state index contributed by atoms with van der Waals surface area (Å²) in [5.41, 5.74) is 1.72. The van der Waals surface area contributed by atoms with Gasteiger partial charge in [-0.2, -0.15) is 0 Å². The Morgan fingerprint density at radius 3 is 2.38 bits per heavy atom. The molecule has 1 aliphatic heterocycles. The summed E-state index contributed by atoms with van der Waals surface area (Å²) in [5.74, 6) is 0.0900. The zero-order valence-electron chi connectivity index (χ0n) is 13.6. The minimum Gasteiger partial charge on any atom is -0.328 e. The number of hydrogen-bond acceptors (Lipinski definition) is 2.